The smallest absolute Gasteiger partial charge is 0.123 e. The minimum absolute atomic E-state index is 0.0366. The molecule has 0 fully saturated rings. The van der Waals surface area contributed by atoms with Gasteiger partial charge in [-0.25, -0.2) is 4.39 Å². The minimum atomic E-state index is -1.45. The van der Waals surface area contributed by atoms with Gasteiger partial charge in [-0.3, -0.25) is 9.19 Å². The van der Waals surface area contributed by atoms with E-state index >= 15 is 0 Å². The van der Waals surface area contributed by atoms with Gasteiger partial charge in [0, 0.05) is 6.20 Å². The first kappa shape index (κ1) is 13.2. The largest absolute Gasteiger partial charge is 0.396 e. The number of anilines is 1. The van der Waals surface area contributed by atoms with Crippen LogP contribution in [0.4, 0.5) is 10.1 Å². The second-order valence-electron chi connectivity index (χ2n) is 3.82. The standard InChI is InChI=1S/C13H10FN3OS/c14-11-2-1-9(6-15)10(5-11)8-19(18)13-3-4-17-7-12(13)16/h1-5,7H,8,16H2. The third kappa shape index (κ3) is 2.95. The van der Waals surface area contributed by atoms with Crippen molar-refractivity contribution in [3.05, 3.63) is 53.6 Å². The van der Waals surface area contributed by atoms with Crippen molar-refractivity contribution < 1.29 is 8.60 Å². The molecule has 6 heteroatoms. The molecule has 0 saturated carbocycles. The van der Waals surface area contributed by atoms with E-state index in [0.717, 1.165) is 0 Å². The van der Waals surface area contributed by atoms with E-state index in [1.54, 1.807) is 6.07 Å². The van der Waals surface area contributed by atoms with Crippen LogP contribution in [-0.4, -0.2) is 9.19 Å². The normalized spacial score (nSPS) is 11.8. The van der Waals surface area contributed by atoms with Crippen LogP contribution in [0.3, 0.4) is 0 Å². The van der Waals surface area contributed by atoms with Crippen LogP contribution in [0.5, 0.6) is 0 Å². The number of hydrogen-bond acceptors (Lipinski definition) is 4. The summed E-state index contributed by atoms with van der Waals surface area (Å²) < 4.78 is 25.4. The van der Waals surface area contributed by atoms with Crippen LogP contribution in [0.15, 0.2) is 41.6 Å². The van der Waals surface area contributed by atoms with Gasteiger partial charge in [0.1, 0.15) is 5.82 Å². The maximum Gasteiger partial charge on any atom is 0.123 e. The van der Waals surface area contributed by atoms with E-state index in [-0.39, 0.29) is 5.75 Å². The Bertz CT molecular complexity index is 682. The van der Waals surface area contributed by atoms with Crippen molar-refractivity contribution in [3.63, 3.8) is 0 Å². The van der Waals surface area contributed by atoms with Gasteiger partial charge in [0.15, 0.2) is 0 Å². The topological polar surface area (TPSA) is 79.8 Å². The molecule has 0 aliphatic rings. The lowest BCUT2D eigenvalue weighted by Gasteiger charge is -2.06. The molecular weight excluding hydrogens is 265 g/mol. The summed E-state index contributed by atoms with van der Waals surface area (Å²) in [5.41, 5.74) is 6.70. The third-order valence-electron chi connectivity index (χ3n) is 2.53. The Balaban J connectivity index is 2.32. The van der Waals surface area contributed by atoms with Gasteiger partial charge in [-0.1, -0.05) is 0 Å². The van der Waals surface area contributed by atoms with E-state index in [4.69, 9.17) is 11.0 Å². The maximum atomic E-state index is 13.2. The fraction of sp³-hybridized carbons (Fsp3) is 0.0769. The predicted octanol–water partition coefficient (Wildman–Crippen LogP) is 1.98. The predicted molar refractivity (Wildman–Crippen MR) is 69.9 cm³/mol. The number of rotatable bonds is 3. The van der Waals surface area contributed by atoms with Gasteiger partial charge in [0.05, 0.1) is 45.0 Å². The van der Waals surface area contributed by atoms with Crippen molar-refractivity contribution in [1.29, 1.82) is 5.26 Å². The van der Waals surface area contributed by atoms with Crippen LogP contribution in [-0.2, 0) is 16.6 Å². The maximum absolute atomic E-state index is 13.2. The monoisotopic (exact) mass is 275 g/mol. The summed E-state index contributed by atoms with van der Waals surface area (Å²) in [5, 5.41) is 8.94. The van der Waals surface area contributed by atoms with Gasteiger partial charge in [0.25, 0.3) is 0 Å². The van der Waals surface area contributed by atoms with Crippen LogP contribution in [0.1, 0.15) is 11.1 Å². The first-order valence-electron chi connectivity index (χ1n) is 5.38. The number of hydrogen-bond donors (Lipinski definition) is 1. The molecule has 4 nitrogen and oxygen atoms in total. The van der Waals surface area contributed by atoms with Gasteiger partial charge >= 0.3 is 0 Å². The average molecular weight is 275 g/mol. The number of pyridine rings is 1. The van der Waals surface area contributed by atoms with E-state index in [9.17, 15) is 8.60 Å². The first-order chi connectivity index (χ1) is 9.11. The molecule has 2 N–H and O–H groups in total. The number of aromatic nitrogens is 1. The summed E-state index contributed by atoms with van der Waals surface area (Å²) in [7, 11) is -1.45. The van der Waals surface area contributed by atoms with Crippen molar-refractivity contribution in [2.24, 2.45) is 0 Å². The van der Waals surface area contributed by atoms with Crippen molar-refractivity contribution in [1.82, 2.24) is 4.98 Å². The molecule has 2 rings (SSSR count). The zero-order chi connectivity index (χ0) is 13.8. The molecule has 0 bridgehead atoms. The Kier molecular flexibility index (Phi) is 3.88. The quantitative estimate of drug-likeness (QED) is 0.928. The zero-order valence-electron chi connectivity index (χ0n) is 9.84. The molecule has 0 radical (unpaired) electrons. The Morgan fingerprint density at radius 1 is 1.42 bits per heavy atom. The van der Waals surface area contributed by atoms with Gasteiger partial charge < -0.3 is 5.73 Å². The molecule has 0 saturated heterocycles. The number of nitrogens with two attached hydrogens (primary N) is 1. The second-order valence-corrected chi connectivity index (χ2v) is 5.24. The molecule has 1 aromatic carbocycles. The molecule has 19 heavy (non-hydrogen) atoms. The van der Waals surface area contributed by atoms with Crippen LogP contribution < -0.4 is 5.73 Å². The van der Waals surface area contributed by atoms with Crippen LogP contribution in [0, 0.1) is 17.1 Å². The van der Waals surface area contributed by atoms with Crippen molar-refractivity contribution >= 4 is 16.5 Å². The number of nitrogens with zero attached hydrogens (tertiary/aromatic N) is 2. The highest BCUT2D eigenvalue weighted by Gasteiger charge is 2.12. The average Bonchev–Trinajstić information content (AvgIpc) is 2.39. The third-order valence-corrected chi connectivity index (χ3v) is 3.97. The Morgan fingerprint density at radius 2 is 2.21 bits per heavy atom. The highest BCUT2D eigenvalue weighted by atomic mass is 32.2. The molecule has 0 aliphatic heterocycles. The Labute approximate surface area is 112 Å². The van der Waals surface area contributed by atoms with Crippen molar-refractivity contribution in [2.75, 3.05) is 5.73 Å². The van der Waals surface area contributed by atoms with E-state index in [0.29, 0.717) is 21.7 Å². The van der Waals surface area contributed by atoms with Crippen LogP contribution in [0.25, 0.3) is 0 Å². The molecule has 0 spiro atoms. The Hall–Kier alpha value is -2.26. The van der Waals surface area contributed by atoms with E-state index < -0.39 is 16.6 Å². The van der Waals surface area contributed by atoms with Crippen LogP contribution >= 0.6 is 0 Å². The van der Waals surface area contributed by atoms with Crippen LogP contribution in [0.2, 0.25) is 0 Å². The summed E-state index contributed by atoms with van der Waals surface area (Å²) in [6.07, 6.45) is 2.89. The molecule has 1 atom stereocenters. The summed E-state index contributed by atoms with van der Waals surface area (Å²) >= 11 is 0. The number of nitrogen functional groups attached to an aromatic ring is 1. The second kappa shape index (κ2) is 5.59. The summed E-state index contributed by atoms with van der Waals surface area (Å²) in [5.74, 6) is -0.428. The fourth-order valence-electron chi connectivity index (χ4n) is 1.61. The summed E-state index contributed by atoms with van der Waals surface area (Å²) in [6.45, 7) is 0. The zero-order valence-corrected chi connectivity index (χ0v) is 10.7. The SMILES string of the molecule is N#Cc1ccc(F)cc1CS(=O)c1ccncc1N. The number of benzene rings is 1. The molecule has 0 amide bonds. The van der Waals surface area contributed by atoms with E-state index in [1.165, 1.54) is 30.6 Å². The van der Waals surface area contributed by atoms with E-state index in [2.05, 4.69) is 4.98 Å². The van der Waals surface area contributed by atoms with Gasteiger partial charge in [-0.05, 0) is 29.8 Å². The number of nitriles is 1. The van der Waals surface area contributed by atoms with Crippen molar-refractivity contribution in [2.45, 2.75) is 10.6 Å². The lowest BCUT2D eigenvalue weighted by molar-refractivity contribution is 0.626. The molecular formula is C13H10FN3OS. The summed E-state index contributed by atoms with van der Waals surface area (Å²) in [6, 6.07) is 7.29. The summed E-state index contributed by atoms with van der Waals surface area (Å²) in [4.78, 5) is 4.24. The molecule has 0 aliphatic carbocycles. The lowest BCUT2D eigenvalue weighted by Crippen LogP contribution is -2.03. The molecule has 1 unspecified atom stereocenters. The van der Waals surface area contributed by atoms with Gasteiger partial charge in [-0.2, -0.15) is 5.26 Å². The number of halogens is 1. The van der Waals surface area contributed by atoms with Crippen molar-refractivity contribution in [3.8, 4) is 6.07 Å². The van der Waals surface area contributed by atoms with Gasteiger partial charge in [-0.15, -0.1) is 0 Å². The highest BCUT2D eigenvalue weighted by Crippen LogP contribution is 2.20. The first-order valence-corrected chi connectivity index (χ1v) is 6.70. The highest BCUT2D eigenvalue weighted by molar-refractivity contribution is 7.84. The minimum Gasteiger partial charge on any atom is -0.396 e. The van der Waals surface area contributed by atoms with Gasteiger partial charge in [0.2, 0.25) is 0 Å². The van der Waals surface area contributed by atoms with E-state index in [1.807, 2.05) is 6.07 Å². The Morgan fingerprint density at radius 3 is 2.89 bits per heavy atom. The molecule has 96 valence electrons. The fourth-order valence-corrected chi connectivity index (χ4v) is 2.82. The molecule has 1 heterocycles. The molecule has 2 aromatic rings. The molecule has 1 aromatic heterocycles. The lowest BCUT2D eigenvalue weighted by atomic mass is 10.1.